The molecule has 0 heterocycles. The summed E-state index contributed by atoms with van der Waals surface area (Å²) in [7, 11) is -10.3. The Hall–Kier alpha value is 1.02. The molecule has 0 aromatic rings. The maximum absolute atomic E-state index is 10.2. The molecule has 0 spiro atoms. The number of unbranched alkanes of at least 4 members (excludes halogenated alkanes) is 2. The van der Waals surface area contributed by atoms with E-state index in [0.717, 1.165) is 37.8 Å². The van der Waals surface area contributed by atoms with Crippen LogP contribution < -0.4 is 0 Å². The Bertz CT molecular complexity index is 568. The minimum absolute atomic E-state index is 0.314. The molecule has 0 fully saturated rings. The molecule has 0 bridgehead atoms. The van der Waals surface area contributed by atoms with Gasteiger partial charge in [-0.2, -0.15) is 0 Å². The van der Waals surface area contributed by atoms with E-state index in [4.69, 9.17) is 25.9 Å². The smallest absolute Gasteiger partial charge is 0.314 e. The maximum atomic E-state index is 10.2. The molecule has 0 saturated heterocycles. The first-order chi connectivity index (χ1) is 16.6. The second kappa shape index (κ2) is 17.1. The summed E-state index contributed by atoms with van der Waals surface area (Å²) < 4.78 is 37.3. The number of aliphatic hydroxyl groups excluding tert-OH is 1. The molecule has 1 unspecified atom stereocenters. The van der Waals surface area contributed by atoms with E-state index in [1.54, 1.807) is 0 Å². The van der Waals surface area contributed by atoms with Crippen LogP contribution >= 0.6 is 0 Å². The third-order valence-electron chi connectivity index (χ3n) is 4.78. The van der Waals surface area contributed by atoms with Gasteiger partial charge in [-0.15, -0.1) is 0 Å². The van der Waals surface area contributed by atoms with E-state index in [1.807, 2.05) is 0 Å². The Morgan fingerprint density at radius 3 is 1.35 bits per heavy atom. The van der Waals surface area contributed by atoms with Crippen LogP contribution in [0.15, 0.2) is 0 Å². The molecule has 7 nitrogen and oxygen atoms in total. The zero-order chi connectivity index (χ0) is 29.0. The van der Waals surface area contributed by atoms with Crippen molar-refractivity contribution in [1.29, 1.82) is 0 Å². The predicted octanol–water partition coefficient (Wildman–Crippen LogP) is 6.64. The zero-order valence-electron chi connectivity index (χ0n) is 26.6. The summed E-state index contributed by atoms with van der Waals surface area (Å²) >= 11 is 0. The summed E-state index contributed by atoms with van der Waals surface area (Å²) in [4.78, 5) is 0. The van der Waals surface area contributed by atoms with Crippen LogP contribution in [0.1, 0.15) is 25.7 Å². The first-order valence-electron chi connectivity index (χ1n) is 14.2. The lowest BCUT2D eigenvalue weighted by molar-refractivity contribution is -0.0197. The number of hydrogen-bond acceptors (Lipinski definition) is 7. The van der Waals surface area contributed by atoms with Gasteiger partial charge < -0.3 is 31.0 Å². The Morgan fingerprint density at radius 2 is 0.973 bits per heavy atom. The van der Waals surface area contributed by atoms with Gasteiger partial charge in [0.1, 0.15) is 6.10 Å². The second-order valence-electron chi connectivity index (χ2n) is 14.2. The predicted molar refractivity (Wildman–Crippen MR) is 172 cm³/mol. The first-order valence-corrected chi connectivity index (χ1v) is 32.1. The third-order valence-corrected chi connectivity index (χ3v) is 23.0. The normalized spacial score (nSPS) is 15.0. The van der Waals surface area contributed by atoms with E-state index < -0.39 is 57.2 Å². The summed E-state index contributed by atoms with van der Waals surface area (Å²) in [5.74, 6) is 0. The lowest BCUT2D eigenvalue weighted by atomic mass is 10.3. The molecule has 0 aromatic carbocycles. The number of aliphatic hydroxyl groups is 1. The van der Waals surface area contributed by atoms with Gasteiger partial charge in [-0.05, 0) is 123 Å². The zero-order valence-corrected chi connectivity index (χ0v) is 32.8. The van der Waals surface area contributed by atoms with Crippen LogP contribution in [0.2, 0.25) is 97.2 Å². The van der Waals surface area contributed by atoms with Crippen molar-refractivity contribution in [2.45, 2.75) is 129 Å². The first kappa shape index (κ1) is 38.0. The van der Waals surface area contributed by atoms with E-state index >= 15 is 0 Å². The highest BCUT2D eigenvalue weighted by Gasteiger charge is 2.39. The van der Waals surface area contributed by atoms with Crippen molar-refractivity contribution < 1.29 is 31.0 Å². The fraction of sp³-hybridized carbons (Fsp3) is 1.00. The van der Waals surface area contributed by atoms with Gasteiger partial charge in [-0.25, -0.2) is 0 Å². The summed E-state index contributed by atoms with van der Waals surface area (Å²) in [6, 6.07) is 2.02. The molecule has 0 aliphatic rings. The van der Waals surface area contributed by atoms with Crippen molar-refractivity contribution >= 4 is 51.1 Å². The van der Waals surface area contributed by atoms with Gasteiger partial charge in [0.2, 0.25) is 0 Å². The minimum Gasteiger partial charge on any atom is -0.439 e. The molecule has 13 heteroatoms. The van der Waals surface area contributed by atoms with Crippen LogP contribution in [-0.4, -0.2) is 88.8 Å². The molecule has 0 aliphatic carbocycles. The molecule has 0 amide bonds. The van der Waals surface area contributed by atoms with Gasteiger partial charge in [0.15, 0.2) is 33.3 Å². The molecule has 0 saturated carbocycles. The number of hydrogen-bond donors (Lipinski definition) is 1. The largest absolute Gasteiger partial charge is 0.439 e. The SMILES string of the molecule is C[Si](C)(C)O[SiH](CCCCOCC(O)COCCCC[Si](C)(O[Si](C)(C)C)O[Si](C)(C)C)O[Si](C)(C)C. The van der Waals surface area contributed by atoms with Crippen LogP contribution in [0.25, 0.3) is 0 Å². The highest BCUT2D eigenvalue weighted by molar-refractivity contribution is 6.87. The Labute approximate surface area is 236 Å². The van der Waals surface area contributed by atoms with Crippen LogP contribution in [0.5, 0.6) is 0 Å². The Balaban J connectivity index is 4.09. The highest BCUT2D eigenvalue weighted by Crippen LogP contribution is 2.26. The fourth-order valence-electron chi connectivity index (χ4n) is 4.00. The molecular formula is C24H62O7Si6. The molecule has 0 radical (unpaired) electrons. The van der Waals surface area contributed by atoms with Crippen LogP contribution in [-0.2, 0) is 25.9 Å². The van der Waals surface area contributed by atoms with Crippen molar-refractivity contribution in [2.24, 2.45) is 0 Å². The van der Waals surface area contributed by atoms with Crippen molar-refractivity contribution in [3.8, 4) is 0 Å². The fourth-order valence-corrected chi connectivity index (χ4v) is 25.1. The molecule has 224 valence electrons. The third kappa shape index (κ3) is 25.7. The van der Waals surface area contributed by atoms with Crippen molar-refractivity contribution in [3.05, 3.63) is 0 Å². The van der Waals surface area contributed by atoms with Crippen molar-refractivity contribution in [1.82, 2.24) is 0 Å². The van der Waals surface area contributed by atoms with E-state index in [1.165, 1.54) is 0 Å². The summed E-state index contributed by atoms with van der Waals surface area (Å²) in [6.45, 7) is 31.0. The molecule has 0 aromatic heterocycles. The summed E-state index contributed by atoms with van der Waals surface area (Å²) in [5, 5.41) is 10.2. The minimum atomic E-state index is -2.17. The lowest BCUT2D eigenvalue weighted by Gasteiger charge is -2.38. The van der Waals surface area contributed by atoms with E-state index in [2.05, 4.69) is 85.1 Å². The molecule has 1 atom stereocenters. The average molecular weight is 631 g/mol. The monoisotopic (exact) mass is 630 g/mol. The standard InChI is InChI=1S/C24H62O7Si6/c1-33(2,3)28-32(29-34(4,5)6)20-16-14-18-26-22-24(25)23-27-19-15-17-21-37(13,30-35(7,8)9)31-36(10,11)12/h24-25,32H,14-23H2,1-13H3. The highest BCUT2D eigenvalue weighted by atomic mass is 28.5. The van der Waals surface area contributed by atoms with E-state index in [0.29, 0.717) is 26.4 Å². The average Bonchev–Trinajstić information content (AvgIpc) is 2.61. The van der Waals surface area contributed by atoms with Gasteiger partial charge in [-0.1, -0.05) is 0 Å². The topological polar surface area (TPSA) is 75.6 Å². The Morgan fingerprint density at radius 1 is 0.568 bits per heavy atom. The van der Waals surface area contributed by atoms with Crippen molar-refractivity contribution in [2.75, 3.05) is 26.4 Å². The van der Waals surface area contributed by atoms with Gasteiger partial charge in [0.05, 0.1) is 13.2 Å². The number of ether oxygens (including phenoxy) is 2. The van der Waals surface area contributed by atoms with Gasteiger partial charge in [-0.3, -0.25) is 0 Å². The van der Waals surface area contributed by atoms with Gasteiger partial charge in [0, 0.05) is 13.2 Å². The second-order valence-corrected chi connectivity index (χ2v) is 38.8. The lowest BCUT2D eigenvalue weighted by Crippen LogP contribution is -2.52. The summed E-state index contributed by atoms with van der Waals surface area (Å²) in [6.07, 6.45) is 3.39. The molecule has 0 aliphatic heterocycles. The van der Waals surface area contributed by atoms with Gasteiger partial charge >= 0.3 is 17.8 Å². The number of rotatable bonds is 22. The molecule has 0 rings (SSSR count). The maximum Gasteiger partial charge on any atom is 0.314 e. The van der Waals surface area contributed by atoms with E-state index in [9.17, 15) is 5.11 Å². The molecule has 37 heavy (non-hydrogen) atoms. The summed E-state index contributed by atoms with van der Waals surface area (Å²) in [5.41, 5.74) is 0. The van der Waals surface area contributed by atoms with Gasteiger partial charge in [0.25, 0.3) is 0 Å². The van der Waals surface area contributed by atoms with Crippen molar-refractivity contribution in [3.63, 3.8) is 0 Å². The quantitative estimate of drug-likeness (QED) is 0.106. The van der Waals surface area contributed by atoms with Crippen LogP contribution in [0.4, 0.5) is 0 Å². The molecular weight excluding hydrogens is 569 g/mol. The van der Waals surface area contributed by atoms with Crippen LogP contribution in [0.3, 0.4) is 0 Å². The van der Waals surface area contributed by atoms with Crippen LogP contribution in [0, 0.1) is 0 Å². The molecule has 1 N–H and O–H groups in total. The van der Waals surface area contributed by atoms with E-state index in [-0.39, 0.29) is 0 Å². The Kier molecular flexibility index (Phi) is 17.6.